The molecule has 214 valence electrons. The van der Waals surface area contributed by atoms with Crippen molar-refractivity contribution in [1.29, 1.82) is 0 Å². The van der Waals surface area contributed by atoms with Gasteiger partial charge in [0.2, 0.25) is 0 Å². The monoisotopic (exact) mass is 602 g/mol. The van der Waals surface area contributed by atoms with Crippen molar-refractivity contribution in [2.75, 3.05) is 0 Å². The number of hydrogen-bond donors (Lipinski definition) is 0. The Kier molecular flexibility index (Phi) is 5.51. The average Bonchev–Trinajstić information content (AvgIpc) is 3.73. The second kappa shape index (κ2) is 9.90. The van der Waals surface area contributed by atoms with E-state index >= 15 is 0 Å². The van der Waals surface area contributed by atoms with Gasteiger partial charge in [0.1, 0.15) is 11.3 Å². The minimum Gasteiger partial charge on any atom is -0.455 e. The van der Waals surface area contributed by atoms with Crippen molar-refractivity contribution in [2.45, 2.75) is 0 Å². The summed E-state index contributed by atoms with van der Waals surface area (Å²) < 4.78 is 9.15. The molecule has 0 unspecified atom stereocenters. The van der Waals surface area contributed by atoms with Gasteiger partial charge in [-0.3, -0.25) is 0 Å². The van der Waals surface area contributed by atoms with Crippen molar-refractivity contribution >= 4 is 74.8 Å². The minimum atomic E-state index is 0.903. The summed E-state index contributed by atoms with van der Waals surface area (Å²) in [7, 11) is 0. The van der Waals surface area contributed by atoms with Gasteiger partial charge in [0.25, 0.3) is 0 Å². The number of furan rings is 1. The first-order chi connectivity index (χ1) is 22.8. The van der Waals surface area contributed by atoms with Crippen molar-refractivity contribution < 1.29 is 4.42 Å². The maximum absolute atomic E-state index is 6.62. The normalized spacial score (nSPS) is 11.9. The Labute approximate surface area is 269 Å². The number of fused-ring (bicyclic) bond motifs is 8. The van der Waals surface area contributed by atoms with E-state index < -0.39 is 0 Å². The van der Waals surface area contributed by atoms with Crippen LogP contribution in [0.2, 0.25) is 0 Å². The van der Waals surface area contributed by atoms with Gasteiger partial charge in [-0.2, -0.15) is 0 Å². The van der Waals surface area contributed by atoms with E-state index in [9.17, 15) is 0 Å². The molecule has 0 radical (unpaired) electrons. The molecule has 0 saturated heterocycles. The molecule has 0 aliphatic carbocycles. The molecule has 2 aromatic heterocycles. The van der Waals surface area contributed by atoms with E-state index in [1.54, 1.807) is 0 Å². The second-order valence-corrected chi connectivity index (χ2v) is 13.1. The molecule has 46 heavy (non-hydrogen) atoms. The van der Waals surface area contributed by atoms with Crippen LogP contribution in [0, 0.1) is 0 Å². The van der Waals surface area contributed by atoms with Gasteiger partial charge in [-0.15, -0.1) is 11.3 Å². The lowest BCUT2D eigenvalue weighted by molar-refractivity contribution is 0.635. The third kappa shape index (κ3) is 3.74. The molecule has 10 aromatic rings. The Hall–Kier alpha value is -5.70. The van der Waals surface area contributed by atoms with E-state index in [2.05, 4.69) is 152 Å². The molecular formula is C44H26OS. The van der Waals surface area contributed by atoms with E-state index in [0.29, 0.717) is 0 Å². The summed E-state index contributed by atoms with van der Waals surface area (Å²) in [5.74, 6) is 0.903. The first-order valence-electron chi connectivity index (χ1n) is 15.7. The maximum atomic E-state index is 6.62. The largest absolute Gasteiger partial charge is 0.455 e. The van der Waals surface area contributed by atoms with E-state index in [4.69, 9.17) is 4.42 Å². The molecule has 0 atom stereocenters. The van der Waals surface area contributed by atoms with Gasteiger partial charge in [0.05, 0.1) is 0 Å². The molecule has 0 amide bonds. The van der Waals surface area contributed by atoms with E-state index in [0.717, 1.165) is 22.3 Å². The topological polar surface area (TPSA) is 13.1 Å². The van der Waals surface area contributed by atoms with Gasteiger partial charge in [0.15, 0.2) is 0 Å². The predicted molar refractivity (Wildman–Crippen MR) is 198 cm³/mol. The van der Waals surface area contributed by atoms with Crippen LogP contribution in [0.25, 0.3) is 97.0 Å². The SMILES string of the molecule is c1ccc(-c2cc3ccc4sc5c(-c6c7ccccc7c(-c7ccc8ccccc8c7)c7ccccc67)cccc5c4c3o2)cc1. The smallest absolute Gasteiger partial charge is 0.144 e. The minimum absolute atomic E-state index is 0.903. The van der Waals surface area contributed by atoms with Crippen molar-refractivity contribution in [3.63, 3.8) is 0 Å². The van der Waals surface area contributed by atoms with Gasteiger partial charge in [-0.25, -0.2) is 0 Å². The van der Waals surface area contributed by atoms with Gasteiger partial charge in [-0.05, 0) is 73.3 Å². The molecule has 10 rings (SSSR count). The molecule has 8 aromatic carbocycles. The summed E-state index contributed by atoms with van der Waals surface area (Å²) in [6, 6.07) is 57.1. The molecule has 0 spiro atoms. The molecule has 0 fully saturated rings. The van der Waals surface area contributed by atoms with Crippen LogP contribution in [0.4, 0.5) is 0 Å². The lowest BCUT2D eigenvalue weighted by Gasteiger charge is -2.18. The lowest BCUT2D eigenvalue weighted by atomic mass is 9.85. The first-order valence-corrected chi connectivity index (χ1v) is 16.5. The highest BCUT2D eigenvalue weighted by atomic mass is 32.1. The lowest BCUT2D eigenvalue weighted by Crippen LogP contribution is -1.91. The molecule has 0 N–H and O–H groups in total. The Balaban J connectivity index is 1.28. The standard InChI is InChI=1S/C44H26OS/c1-2-12-28(13-3-1)38-26-31-23-24-39-42(43(31)45-38)37-20-10-19-36(44(37)46-39)41-34-17-8-6-15-32(34)40(33-16-7-9-18-35(33)41)30-22-21-27-11-4-5-14-29(27)25-30/h1-26H. The van der Waals surface area contributed by atoms with Crippen molar-refractivity contribution in [3.05, 3.63) is 158 Å². The zero-order valence-corrected chi connectivity index (χ0v) is 25.6. The predicted octanol–water partition coefficient (Wildman–Crippen LogP) is 13.3. The maximum Gasteiger partial charge on any atom is 0.144 e. The van der Waals surface area contributed by atoms with Crippen molar-refractivity contribution in [2.24, 2.45) is 0 Å². The number of benzene rings is 8. The Morgan fingerprint density at radius 2 is 1.04 bits per heavy atom. The molecule has 0 bridgehead atoms. The molecule has 2 heterocycles. The van der Waals surface area contributed by atoms with E-state index in [1.165, 1.54) is 74.7 Å². The Morgan fingerprint density at radius 3 is 1.80 bits per heavy atom. The highest BCUT2D eigenvalue weighted by molar-refractivity contribution is 7.26. The van der Waals surface area contributed by atoms with Gasteiger partial charge >= 0.3 is 0 Å². The van der Waals surface area contributed by atoms with Crippen molar-refractivity contribution in [1.82, 2.24) is 0 Å². The highest BCUT2D eigenvalue weighted by Crippen LogP contribution is 2.49. The zero-order valence-electron chi connectivity index (χ0n) is 24.8. The van der Waals surface area contributed by atoms with Gasteiger partial charge in [-0.1, -0.05) is 133 Å². The molecular weight excluding hydrogens is 577 g/mol. The third-order valence-corrected chi connectivity index (χ3v) is 10.6. The van der Waals surface area contributed by atoms with Gasteiger partial charge < -0.3 is 4.42 Å². The fraction of sp³-hybridized carbons (Fsp3) is 0. The Morgan fingerprint density at radius 1 is 0.413 bits per heavy atom. The summed E-state index contributed by atoms with van der Waals surface area (Å²) in [5.41, 5.74) is 7.13. The molecule has 0 aliphatic rings. The number of thiophene rings is 1. The first kappa shape index (κ1) is 25.6. The van der Waals surface area contributed by atoms with Crippen LogP contribution in [0.15, 0.2) is 162 Å². The molecule has 2 heteroatoms. The van der Waals surface area contributed by atoms with Crippen LogP contribution in [0.1, 0.15) is 0 Å². The third-order valence-electron chi connectivity index (χ3n) is 9.44. The van der Waals surface area contributed by atoms with Gasteiger partial charge in [0, 0.05) is 36.7 Å². The average molecular weight is 603 g/mol. The molecule has 1 nitrogen and oxygen atoms in total. The van der Waals surface area contributed by atoms with Crippen LogP contribution in [0.3, 0.4) is 0 Å². The fourth-order valence-corrected chi connectivity index (χ4v) is 8.62. The van der Waals surface area contributed by atoms with Crippen molar-refractivity contribution in [3.8, 4) is 33.6 Å². The van der Waals surface area contributed by atoms with Crippen LogP contribution in [-0.4, -0.2) is 0 Å². The summed E-state index contributed by atoms with van der Waals surface area (Å²) >= 11 is 1.86. The van der Waals surface area contributed by atoms with E-state index in [-0.39, 0.29) is 0 Å². The fourth-order valence-electron chi connectivity index (χ4n) is 7.39. The summed E-state index contributed by atoms with van der Waals surface area (Å²) in [6.07, 6.45) is 0. The van der Waals surface area contributed by atoms with Crippen LogP contribution < -0.4 is 0 Å². The zero-order chi connectivity index (χ0) is 30.2. The Bertz CT molecular complexity index is 2740. The quantitative estimate of drug-likeness (QED) is 0.183. The number of rotatable bonds is 3. The van der Waals surface area contributed by atoms with E-state index in [1.807, 2.05) is 17.4 Å². The molecule has 0 aliphatic heterocycles. The summed E-state index contributed by atoms with van der Waals surface area (Å²) in [4.78, 5) is 0. The summed E-state index contributed by atoms with van der Waals surface area (Å²) in [6.45, 7) is 0. The van der Waals surface area contributed by atoms with Crippen LogP contribution >= 0.6 is 11.3 Å². The summed E-state index contributed by atoms with van der Waals surface area (Å²) in [5, 5.41) is 11.2. The number of hydrogen-bond acceptors (Lipinski definition) is 2. The second-order valence-electron chi connectivity index (χ2n) is 12.0. The highest BCUT2D eigenvalue weighted by Gasteiger charge is 2.21. The molecule has 0 saturated carbocycles. The van der Waals surface area contributed by atoms with Crippen LogP contribution in [-0.2, 0) is 0 Å². The van der Waals surface area contributed by atoms with Crippen LogP contribution in [0.5, 0.6) is 0 Å².